The molecule has 2 bridgehead atoms. The van der Waals surface area contributed by atoms with Gasteiger partial charge in [-0.15, -0.1) is 12.4 Å². The molecule has 17 heavy (non-hydrogen) atoms. The Kier molecular flexibility index (Phi) is 3.64. The van der Waals surface area contributed by atoms with Crippen LogP contribution in [0, 0.1) is 0 Å². The topological polar surface area (TPSA) is 21.3 Å². The van der Waals surface area contributed by atoms with Crippen molar-refractivity contribution in [1.29, 1.82) is 0 Å². The van der Waals surface area contributed by atoms with Crippen molar-refractivity contribution >= 4 is 12.4 Å². The summed E-state index contributed by atoms with van der Waals surface area (Å²) >= 11 is 0. The number of ether oxygens (including phenoxy) is 1. The minimum Gasteiger partial charge on any atom is -0.487 e. The maximum Gasteiger partial charge on any atom is 0.120 e. The minimum atomic E-state index is 0. The van der Waals surface area contributed by atoms with Crippen LogP contribution in [0.5, 0.6) is 5.75 Å². The van der Waals surface area contributed by atoms with Gasteiger partial charge in [0.05, 0.1) is 0 Å². The van der Waals surface area contributed by atoms with Crippen molar-refractivity contribution in [3.05, 3.63) is 30.3 Å². The molecule has 2 saturated heterocycles. The molecule has 0 amide bonds. The Hall–Kier alpha value is -0.730. The lowest BCUT2D eigenvalue weighted by molar-refractivity contribution is 0.0362. The number of nitrogens with one attached hydrogen (secondary N) is 1. The molecule has 3 heteroatoms. The highest BCUT2D eigenvalue weighted by Gasteiger charge is 2.42. The molecule has 2 nitrogen and oxygen atoms in total. The van der Waals surface area contributed by atoms with Gasteiger partial charge >= 0.3 is 0 Å². The normalized spacial score (nSPS) is 35.1. The maximum atomic E-state index is 6.18. The molecule has 0 spiro atoms. The molecule has 1 aromatic carbocycles. The third-order valence-corrected chi connectivity index (χ3v) is 3.80. The Balaban J connectivity index is 0.00000108. The molecule has 2 aliphatic rings. The van der Waals surface area contributed by atoms with E-state index in [2.05, 4.69) is 24.4 Å². The molecule has 0 aromatic heterocycles. The summed E-state index contributed by atoms with van der Waals surface area (Å²) in [6.45, 7) is 2.26. The number of rotatable bonds is 2. The molecule has 0 aliphatic carbocycles. The van der Waals surface area contributed by atoms with Gasteiger partial charge in [0, 0.05) is 24.9 Å². The fourth-order valence-electron chi connectivity index (χ4n) is 3.21. The predicted molar refractivity (Wildman–Crippen MR) is 71.9 cm³/mol. The zero-order valence-electron chi connectivity index (χ0n) is 10.2. The molecule has 0 radical (unpaired) electrons. The largest absolute Gasteiger partial charge is 0.487 e. The zero-order chi connectivity index (χ0) is 11.0. The van der Waals surface area contributed by atoms with Gasteiger partial charge in [-0.2, -0.15) is 0 Å². The van der Waals surface area contributed by atoms with Crippen molar-refractivity contribution in [2.24, 2.45) is 0 Å². The summed E-state index contributed by atoms with van der Waals surface area (Å²) in [5.41, 5.74) is 0.0262. The van der Waals surface area contributed by atoms with E-state index < -0.39 is 0 Å². The van der Waals surface area contributed by atoms with Crippen molar-refractivity contribution in [2.75, 3.05) is 0 Å². The lowest BCUT2D eigenvalue weighted by atomic mass is 9.89. The van der Waals surface area contributed by atoms with Crippen LogP contribution in [-0.2, 0) is 0 Å². The summed E-state index contributed by atoms with van der Waals surface area (Å²) in [6, 6.07) is 11.5. The van der Waals surface area contributed by atoms with Gasteiger partial charge in [-0.25, -0.2) is 0 Å². The van der Waals surface area contributed by atoms with Gasteiger partial charge in [-0.05, 0) is 31.9 Å². The van der Waals surface area contributed by atoms with Gasteiger partial charge in [0.15, 0.2) is 0 Å². The smallest absolute Gasteiger partial charge is 0.120 e. The molecule has 3 rings (SSSR count). The summed E-state index contributed by atoms with van der Waals surface area (Å²) in [4.78, 5) is 0. The molecule has 1 aromatic rings. The maximum absolute atomic E-state index is 6.18. The number of para-hydroxylation sites is 1. The summed E-state index contributed by atoms with van der Waals surface area (Å²) in [6.07, 6.45) is 4.91. The van der Waals surface area contributed by atoms with Crippen LogP contribution in [0.25, 0.3) is 0 Å². The van der Waals surface area contributed by atoms with E-state index in [1.54, 1.807) is 0 Å². The van der Waals surface area contributed by atoms with Crippen LogP contribution in [0.2, 0.25) is 0 Å². The zero-order valence-corrected chi connectivity index (χ0v) is 11.0. The van der Waals surface area contributed by atoms with Gasteiger partial charge < -0.3 is 10.1 Å². The summed E-state index contributed by atoms with van der Waals surface area (Å²) < 4.78 is 6.18. The van der Waals surface area contributed by atoms with Crippen LogP contribution < -0.4 is 10.1 Å². The molecular weight excluding hydrogens is 234 g/mol. The predicted octanol–water partition coefficient (Wildman–Crippen LogP) is 3.16. The Labute approximate surface area is 109 Å². The van der Waals surface area contributed by atoms with Crippen LogP contribution in [0.1, 0.15) is 32.6 Å². The number of hydrogen-bond acceptors (Lipinski definition) is 2. The standard InChI is InChI=1S/C14H19NO.ClH/c1-14(16-13-5-3-2-4-6-13)9-11-7-8-12(10-14)15-11;/h2-6,11-12,15H,7-10H2,1H3;1H/t11-,12+,14?;. The average Bonchev–Trinajstić information content (AvgIpc) is 2.59. The second-order valence-corrected chi connectivity index (χ2v) is 5.41. The molecular formula is C14H20ClNO. The van der Waals surface area contributed by atoms with E-state index in [4.69, 9.17) is 4.74 Å². The Bertz CT molecular complexity index is 356. The fourth-order valence-corrected chi connectivity index (χ4v) is 3.21. The van der Waals surface area contributed by atoms with Crippen molar-refractivity contribution in [3.63, 3.8) is 0 Å². The van der Waals surface area contributed by atoms with E-state index in [0.717, 1.165) is 18.6 Å². The Morgan fingerprint density at radius 2 is 1.71 bits per heavy atom. The lowest BCUT2D eigenvalue weighted by Gasteiger charge is -2.38. The van der Waals surface area contributed by atoms with E-state index in [0.29, 0.717) is 12.1 Å². The van der Waals surface area contributed by atoms with Gasteiger partial charge in [-0.3, -0.25) is 0 Å². The first kappa shape index (κ1) is 12.7. The van der Waals surface area contributed by atoms with Crippen LogP contribution in [-0.4, -0.2) is 17.7 Å². The minimum absolute atomic E-state index is 0. The quantitative estimate of drug-likeness (QED) is 0.874. The number of hydrogen-bond donors (Lipinski definition) is 1. The van der Waals surface area contributed by atoms with Crippen molar-refractivity contribution in [3.8, 4) is 5.75 Å². The second kappa shape index (κ2) is 4.87. The molecule has 1 N–H and O–H groups in total. The first-order valence-corrected chi connectivity index (χ1v) is 6.24. The highest BCUT2D eigenvalue weighted by atomic mass is 35.5. The molecule has 3 atom stereocenters. The van der Waals surface area contributed by atoms with E-state index in [1.165, 1.54) is 12.8 Å². The SMILES string of the molecule is CC1(Oc2ccccc2)C[C@H]2CC[C@@H](C1)N2.Cl. The molecule has 1 unspecified atom stereocenters. The monoisotopic (exact) mass is 253 g/mol. The van der Waals surface area contributed by atoms with E-state index in [-0.39, 0.29) is 18.0 Å². The first-order valence-electron chi connectivity index (χ1n) is 6.24. The second-order valence-electron chi connectivity index (χ2n) is 5.41. The lowest BCUT2D eigenvalue weighted by Crippen LogP contribution is -2.49. The first-order chi connectivity index (χ1) is 7.73. The summed E-state index contributed by atoms with van der Waals surface area (Å²) in [7, 11) is 0. The number of piperidine rings is 1. The molecule has 2 heterocycles. The summed E-state index contributed by atoms with van der Waals surface area (Å²) in [5, 5.41) is 3.65. The average molecular weight is 254 g/mol. The Morgan fingerprint density at radius 1 is 1.12 bits per heavy atom. The van der Waals surface area contributed by atoms with Crippen LogP contribution in [0.4, 0.5) is 0 Å². The van der Waals surface area contributed by atoms with Crippen molar-refractivity contribution in [1.82, 2.24) is 5.32 Å². The van der Waals surface area contributed by atoms with E-state index in [1.807, 2.05) is 18.2 Å². The van der Waals surface area contributed by atoms with Crippen molar-refractivity contribution in [2.45, 2.75) is 50.3 Å². The highest BCUT2D eigenvalue weighted by Crippen LogP contribution is 2.36. The number of benzene rings is 1. The third kappa shape index (κ3) is 2.75. The molecule has 94 valence electrons. The van der Waals surface area contributed by atoms with Crippen LogP contribution in [0.15, 0.2) is 30.3 Å². The molecule has 2 aliphatic heterocycles. The van der Waals surface area contributed by atoms with Crippen LogP contribution >= 0.6 is 12.4 Å². The van der Waals surface area contributed by atoms with Crippen LogP contribution in [0.3, 0.4) is 0 Å². The van der Waals surface area contributed by atoms with Gasteiger partial charge in [0.2, 0.25) is 0 Å². The van der Waals surface area contributed by atoms with E-state index >= 15 is 0 Å². The van der Waals surface area contributed by atoms with Gasteiger partial charge in [0.1, 0.15) is 11.4 Å². The van der Waals surface area contributed by atoms with Crippen molar-refractivity contribution < 1.29 is 4.74 Å². The van der Waals surface area contributed by atoms with Gasteiger partial charge in [0.25, 0.3) is 0 Å². The summed E-state index contributed by atoms with van der Waals surface area (Å²) in [5.74, 6) is 1.01. The number of halogens is 1. The van der Waals surface area contributed by atoms with E-state index in [9.17, 15) is 0 Å². The van der Waals surface area contributed by atoms with Gasteiger partial charge in [-0.1, -0.05) is 18.2 Å². The molecule has 0 saturated carbocycles. The molecule has 2 fully saturated rings. The fraction of sp³-hybridized carbons (Fsp3) is 0.571. The third-order valence-electron chi connectivity index (χ3n) is 3.80. The number of fused-ring (bicyclic) bond motifs is 2. The highest BCUT2D eigenvalue weighted by molar-refractivity contribution is 5.85. The Morgan fingerprint density at radius 3 is 2.29 bits per heavy atom.